The smallest absolute Gasteiger partial charge is 0.442 e. The highest BCUT2D eigenvalue weighted by atomic mass is 32.2. The van der Waals surface area contributed by atoms with Crippen molar-refractivity contribution in [3.05, 3.63) is 260 Å². The van der Waals surface area contributed by atoms with E-state index in [0.717, 1.165) is 27.8 Å². The van der Waals surface area contributed by atoms with Crippen molar-refractivity contribution in [2.75, 3.05) is 106 Å². The number of aliphatic hydroxyl groups excluding tert-OH is 3. The molecule has 0 aliphatic carbocycles. The Morgan fingerprint density at radius 1 is 0.405 bits per heavy atom. The number of pyridine rings is 2. The number of benzene rings is 7. The summed E-state index contributed by atoms with van der Waals surface area (Å²) in [5, 5.41) is 56.4. The quantitative estimate of drug-likeness (QED) is 0.0170. The van der Waals surface area contributed by atoms with Gasteiger partial charge in [0, 0.05) is 145 Å². The number of hydrogen-bond donors (Lipinski definition) is 12. The van der Waals surface area contributed by atoms with Crippen LogP contribution in [0.15, 0.2) is 259 Å². The number of carbonyl (C=O) groups is 6. The molecule has 0 bridgehead atoms. The Labute approximate surface area is 758 Å². The fraction of sp³-hybridized carbons (Fsp3) is 0.239. The molecule has 6 atom stereocenters. The maximum atomic E-state index is 14.1. The number of aliphatic hydroxyl groups is 3. The van der Waals surface area contributed by atoms with Gasteiger partial charge in [-0.3, -0.25) is 24.4 Å². The van der Waals surface area contributed by atoms with Gasteiger partial charge in [-0.15, -0.1) is 13.1 Å². The van der Waals surface area contributed by atoms with Crippen molar-refractivity contribution < 1.29 is 75.3 Å². The van der Waals surface area contributed by atoms with Gasteiger partial charge in [0.05, 0.1) is 88.1 Å². The maximum absolute atomic E-state index is 14.1. The van der Waals surface area contributed by atoms with E-state index < -0.39 is 53.3 Å². The summed E-state index contributed by atoms with van der Waals surface area (Å²) >= 11 is 0. The summed E-state index contributed by atoms with van der Waals surface area (Å²) in [6, 6.07) is 54.1. The van der Waals surface area contributed by atoms with Crippen LogP contribution in [0.2, 0.25) is 0 Å². The number of halogens is 1. The Morgan fingerprint density at radius 3 is 1.07 bits per heavy atom. The van der Waals surface area contributed by atoms with E-state index in [4.69, 9.17) is 14.2 Å². The van der Waals surface area contributed by atoms with Crippen LogP contribution >= 0.6 is 0 Å². The van der Waals surface area contributed by atoms with Crippen molar-refractivity contribution >= 4 is 135 Å². The van der Waals surface area contributed by atoms with E-state index in [1.807, 2.05) is 57.2 Å². The van der Waals surface area contributed by atoms with E-state index in [0.29, 0.717) is 94.2 Å². The lowest BCUT2D eigenvalue weighted by Crippen LogP contribution is -2.21. The number of nitrogens with one attached hydrogen (secondary N) is 9. The largest absolute Gasteiger partial charge is 0.448 e. The second kappa shape index (κ2) is 47.4. The molecule has 39 heteroatoms. The van der Waals surface area contributed by atoms with Gasteiger partial charge in [-0.1, -0.05) is 66.2 Å². The van der Waals surface area contributed by atoms with Crippen molar-refractivity contribution in [3.63, 3.8) is 0 Å². The molecule has 12 aromatic rings. The van der Waals surface area contributed by atoms with Crippen LogP contribution < -0.4 is 47.9 Å². The Bertz CT molecular complexity index is 6110. The molecule has 0 aliphatic rings. The number of nitrogens with zero attached hydrogens (tertiary/aromatic N) is 11. The van der Waals surface area contributed by atoms with Gasteiger partial charge >= 0.3 is 18.3 Å². The van der Waals surface area contributed by atoms with Gasteiger partial charge in [0.15, 0.2) is 0 Å². The minimum atomic E-state index is -2.99. The standard InChI is InChI=1S/C32H35FN6O5S.2C30H33N7O5S/c1-5-44-32(42)39-45(4,43)26-13-11-25(12-14-26)37-31-34-18-27(30(38-31)35-21(3)19-40)22-7-9-24(10-8-22)36-29(41)17-23-16-20(2)6-15-28(23)33;1-4-42-30(40)37-43(3,41)25-13-11-24(12-14-25)35-29-32-18-26(28(36-29)33-20(2)19-38)22-7-9-23(10-8-22)34-27(39)16-21-6-5-15-31-17-21;1-4-42-30(40)37-43(3,41)25-14-12-23(13-15-25)35-29-32-18-26(28(36-29)33-20(2)19-38)21-8-10-22(11-9-21)34-27(39)17-24-7-5-6-16-31-24/h6-16,18,21,40H,5,17,19H2,1-4H3,(H,36,41)(H2,34,35,37,38);5-15,17-18,20,38H,4,16,19H2,1-3H3,(H,34,39)(H2,32,33,35,36);5-16,18,20,38H,4,17,19H2,1-3H3,(H,34,39)(H2,32,33,35,36). The number of rotatable bonds is 33. The van der Waals surface area contributed by atoms with Gasteiger partial charge in [0.1, 0.15) is 23.3 Å². The first-order chi connectivity index (χ1) is 62.8. The fourth-order valence-corrected chi connectivity index (χ4v) is 15.4. The third kappa shape index (κ3) is 30.3. The van der Waals surface area contributed by atoms with Gasteiger partial charge in [0.2, 0.25) is 35.6 Å². The average Bonchev–Trinajstić information content (AvgIpc) is 0.814. The highest BCUT2D eigenvalue weighted by Crippen LogP contribution is 2.34. The van der Waals surface area contributed by atoms with Crippen molar-refractivity contribution in [1.82, 2.24) is 39.9 Å². The van der Waals surface area contributed by atoms with E-state index in [-0.39, 0.29) is 113 Å². The molecule has 7 aromatic carbocycles. The Balaban J connectivity index is 0.000000204. The molecule has 0 saturated carbocycles. The van der Waals surface area contributed by atoms with E-state index in [9.17, 15) is 61.1 Å². The van der Waals surface area contributed by atoms with Crippen molar-refractivity contribution in [2.45, 2.75) is 101 Å². The second-order valence-corrected chi connectivity index (χ2v) is 36.2. The number of carbonyl (C=O) groups excluding carboxylic acids is 6. The number of hydrogen-bond acceptors (Lipinski definition) is 29. The summed E-state index contributed by atoms with van der Waals surface area (Å²) in [4.78, 5) is 109. The summed E-state index contributed by atoms with van der Waals surface area (Å²) in [6.07, 6.45) is 11.7. The SMILES string of the molecule is CCOC(=O)N=S(C)(=O)c1ccc(Nc2ncc(-c3ccc(NC(=O)Cc4cc(C)ccc4F)cc3)c(NC(C)CO)n2)cc1.CCOC(=O)N=S(C)(=O)c1ccc(Nc2ncc(-c3ccc(NC(=O)Cc4ccccn4)cc3)c(NC(C)CO)n2)cc1.CCOC(=O)N=S(C)(=O)c1ccc(Nc2ncc(-c3ccc(NC(=O)Cc4cccnc4)cc3)c(NC(C)CO)n2)cc1. The zero-order chi connectivity index (χ0) is 94.2. The first-order valence-corrected chi connectivity index (χ1v) is 46.8. The summed E-state index contributed by atoms with van der Waals surface area (Å²) in [5.41, 5.74) is 10.8. The predicted octanol–water partition coefficient (Wildman–Crippen LogP) is 15.7. The minimum absolute atomic E-state index is 0.0896. The van der Waals surface area contributed by atoms with E-state index in [1.165, 1.54) is 24.8 Å². The molecular weight excluding hydrogens is 1740 g/mol. The van der Waals surface area contributed by atoms with Crippen LogP contribution in [-0.2, 0) is 77.0 Å². The lowest BCUT2D eigenvalue weighted by Gasteiger charge is -2.17. The molecule has 0 fully saturated rings. The third-order valence-corrected chi connectivity index (χ3v) is 23.6. The van der Waals surface area contributed by atoms with Crippen molar-refractivity contribution in [1.29, 1.82) is 0 Å². The molecule has 0 radical (unpaired) electrons. The van der Waals surface area contributed by atoms with Crippen LogP contribution in [-0.4, -0.2) is 180 Å². The molecule has 0 aliphatic heterocycles. The van der Waals surface area contributed by atoms with Gasteiger partial charge in [-0.2, -0.15) is 15.0 Å². The van der Waals surface area contributed by atoms with Crippen LogP contribution in [0, 0.1) is 12.7 Å². The van der Waals surface area contributed by atoms with Crippen LogP contribution in [0.25, 0.3) is 33.4 Å². The first-order valence-electron chi connectivity index (χ1n) is 41.1. The van der Waals surface area contributed by atoms with E-state index >= 15 is 0 Å². The van der Waals surface area contributed by atoms with Gasteiger partial charge in [-0.25, -0.2) is 46.4 Å². The number of anilines is 12. The predicted molar refractivity (Wildman–Crippen MR) is 504 cm³/mol. The van der Waals surface area contributed by atoms with Gasteiger partial charge < -0.3 is 77.4 Å². The van der Waals surface area contributed by atoms with E-state index in [1.54, 1.807) is 217 Å². The lowest BCUT2D eigenvalue weighted by atomic mass is 10.1. The Hall–Kier alpha value is -14.6. The molecule has 131 heavy (non-hydrogen) atoms. The number of amides is 6. The summed E-state index contributed by atoms with van der Waals surface area (Å²) < 4.78 is 78.1. The molecule has 684 valence electrons. The molecule has 5 aromatic heterocycles. The monoisotopic (exact) mass is 1840 g/mol. The molecule has 0 saturated heterocycles. The molecule has 35 nitrogen and oxygen atoms in total. The molecule has 0 spiro atoms. The van der Waals surface area contributed by atoms with Crippen LogP contribution in [0.1, 0.15) is 63.9 Å². The molecule has 6 unspecified atom stereocenters. The normalized spacial score (nSPS) is 12.8. The van der Waals surface area contributed by atoms with Crippen LogP contribution in [0.5, 0.6) is 0 Å². The van der Waals surface area contributed by atoms with Crippen LogP contribution in [0.3, 0.4) is 0 Å². The number of ether oxygens (including phenoxy) is 3. The average molecular weight is 1840 g/mol. The highest BCUT2D eigenvalue weighted by Gasteiger charge is 2.21. The molecule has 6 amide bonds. The zero-order valence-electron chi connectivity index (χ0n) is 73.3. The maximum Gasteiger partial charge on any atom is 0.442 e. The lowest BCUT2D eigenvalue weighted by molar-refractivity contribution is -0.116. The molecule has 12 rings (SSSR count). The van der Waals surface area contributed by atoms with Crippen molar-refractivity contribution in [2.24, 2.45) is 13.1 Å². The minimum Gasteiger partial charge on any atom is -0.448 e. The summed E-state index contributed by atoms with van der Waals surface area (Å²) in [7, 11) is -8.94. The molecule has 12 N–H and O–H groups in total. The summed E-state index contributed by atoms with van der Waals surface area (Å²) in [6.45, 7) is 12.3. The van der Waals surface area contributed by atoms with Crippen molar-refractivity contribution in [3.8, 4) is 33.4 Å². The topological polar surface area (TPSA) is 490 Å². The fourth-order valence-electron chi connectivity index (χ4n) is 12.1. The molecular formula is C92H101FN20O15S3. The van der Waals surface area contributed by atoms with Crippen LogP contribution in [0.4, 0.5) is 88.2 Å². The summed E-state index contributed by atoms with van der Waals surface area (Å²) in [5.74, 6) is 1.20. The highest BCUT2D eigenvalue weighted by molar-refractivity contribution is 7.93. The second-order valence-electron chi connectivity index (χ2n) is 29.5. The van der Waals surface area contributed by atoms with Gasteiger partial charge in [-0.05, 0) is 210 Å². The third-order valence-electron chi connectivity index (χ3n) is 18.7. The number of aryl methyl sites for hydroxylation is 1. The van der Waals surface area contributed by atoms with Gasteiger partial charge in [0.25, 0.3) is 0 Å². The Kier molecular flexibility index (Phi) is 35.7. The Morgan fingerprint density at radius 2 is 0.748 bits per heavy atom. The van der Waals surface area contributed by atoms with E-state index in [2.05, 4.69) is 101 Å². The zero-order valence-corrected chi connectivity index (χ0v) is 75.7. The first kappa shape index (κ1) is 98.5. The number of aromatic nitrogens is 8. The molecule has 5 heterocycles.